The lowest BCUT2D eigenvalue weighted by Gasteiger charge is -2.17. The molecule has 128 valence electrons. The van der Waals surface area contributed by atoms with Gasteiger partial charge in [0.25, 0.3) is 0 Å². The van der Waals surface area contributed by atoms with Crippen LogP contribution in [0.2, 0.25) is 0 Å². The highest BCUT2D eigenvalue weighted by atomic mass is 19.4. The highest BCUT2D eigenvalue weighted by Gasteiger charge is 2.36. The summed E-state index contributed by atoms with van der Waals surface area (Å²) in [6.07, 6.45) is -4.29. The molecule has 0 fully saturated rings. The Morgan fingerprint density at radius 2 is 1.71 bits per heavy atom. The lowest BCUT2D eigenvalue weighted by molar-refractivity contribution is -0.138. The van der Waals surface area contributed by atoms with Crippen molar-refractivity contribution < 1.29 is 36.7 Å². The third-order valence-electron chi connectivity index (χ3n) is 3.41. The van der Waals surface area contributed by atoms with E-state index in [-0.39, 0.29) is 11.3 Å². The van der Waals surface area contributed by atoms with Crippen LogP contribution in [-0.4, -0.2) is 22.2 Å². The molecule has 0 saturated heterocycles. The molecule has 0 spiro atoms. The predicted molar refractivity (Wildman–Crippen MR) is 75.0 cm³/mol. The van der Waals surface area contributed by atoms with Gasteiger partial charge in [-0.1, -0.05) is 0 Å². The number of alkyl halides is 3. The average molecular weight is 347 g/mol. The fourth-order valence-corrected chi connectivity index (χ4v) is 2.12. The van der Waals surface area contributed by atoms with Crippen molar-refractivity contribution in [3.8, 4) is 11.6 Å². The fraction of sp³-hybridized carbons (Fsp3) is 0.214. The first-order valence-corrected chi connectivity index (χ1v) is 6.59. The van der Waals surface area contributed by atoms with Gasteiger partial charge < -0.3 is 14.8 Å². The molecule has 2 rings (SSSR count). The van der Waals surface area contributed by atoms with E-state index >= 15 is 0 Å². The van der Waals surface area contributed by atoms with Gasteiger partial charge >= 0.3 is 13.3 Å². The maximum Gasteiger partial charge on any atom is 0.494 e. The number of ether oxygens (including phenoxy) is 1. The summed E-state index contributed by atoms with van der Waals surface area (Å²) < 4.78 is 70.4. The van der Waals surface area contributed by atoms with Gasteiger partial charge in [-0.2, -0.15) is 13.2 Å². The van der Waals surface area contributed by atoms with Gasteiger partial charge in [-0.05, 0) is 31.5 Å². The molecule has 0 unspecified atom stereocenters. The number of nitrogens with zero attached hydrogens (tertiary/aromatic N) is 1. The minimum absolute atomic E-state index is 0.220. The van der Waals surface area contributed by atoms with Crippen LogP contribution in [0.5, 0.6) is 11.6 Å². The smallest absolute Gasteiger partial charge is 0.439 e. The van der Waals surface area contributed by atoms with Gasteiger partial charge in [0.15, 0.2) is 11.6 Å². The Hall–Kier alpha value is -2.20. The van der Waals surface area contributed by atoms with Crippen molar-refractivity contribution in [1.82, 2.24) is 4.98 Å². The molecule has 2 aromatic rings. The van der Waals surface area contributed by atoms with E-state index < -0.39 is 47.4 Å². The molecule has 10 heteroatoms. The Morgan fingerprint density at radius 1 is 1.08 bits per heavy atom. The van der Waals surface area contributed by atoms with Crippen molar-refractivity contribution in [2.45, 2.75) is 20.0 Å². The van der Waals surface area contributed by atoms with Crippen molar-refractivity contribution in [2.24, 2.45) is 0 Å². The minimum atomic E-state index is -4.75. The molecule has 1 aromatic carbocycles. The largest absolute Gasteiger partial charge is 0.494 e. The summed E-state index contributed by atoms with van der Waals surface area (Å²) in [6.45, 7) is 2.21. The number of pyridine rings is 1. The standard InChI is InChI=1S/C14H11BF5NO3/c1-6-8(14(18,19)20)5-21-13(11(6)15(22)23)24-10-4-3-9(16)12(17)7(10)2/h3-5,22-23H,1-2H3. The zero-order valence-electron chi connectivity index (χ0n) is 12.4. The monoisotopic (exact) mass is 347 g/mol. The number of aromatic nitrogens is 1. The molecule has 4 nitrogen and oxygen atoms in total. The zero-order valence-corrected chi connectivity index (χ0v) is 12.4. The molecule has 0 atom stereocenters. The van der Waals surface area contributed by atoms with Crippen LogP contribution < -0.4 is 10.2 Å². The van der Waals surface area contributed by atoms with Crippen molar-refractivity contribution in [3.05, 3.63) is 46.7 Å². The molecular weight excluding hydrogens is 336 g/mol. The number of benzene rings is 1. The Bertz CT molecular complexity index is 780. The first kappa shape index (κ1) is 18.1. The van der Waals surface area contributed by atoms with Gasteiger partial charge in [-0.25, -0.2) is 13.8 Å². The molecular formula is C14H11BF5NO3. The molecule has 0 bridgehead atoms. The lowest BCUT2D eigenvalue weighted by Crippen LogP contribution is -2.35. The topological polar surface area (TPSA) is 62.6 Å². The first-order chi connectivity index (χ1) is 11.0. The van der Waals surface area contributed by atoms with Crippen LogP contribution in [0.15, 0.2) is 18.3 Å². The Morgan fingerprint density at radius 3 is 2.25 bits per heavy atom. The second kappa shape index (κ2) is 6.37. The Labute approximate surface area is 133 Å². The van der Waals surface area contributed by atoms with E-state index in [4.69, 9.17) is 4.74 Å². The lowest BCUT2D eigenvalue weighted by atomic mass is 9.76. The van der Waals surface area contributed by atoms with E-state index in [1.54, 1.807) is 0 Å². The second-order valence-corrected chi connectivity index (χ2v) is 4.97. The SMILES string of the molecule is Cc1c(Oc2ncc(C(F)(F)F)c(C)c2B(O)O)ccc(F)c1F. The quantitative estimate of drug-likeness (QED) is 0.662. The van der Waals surface area contributed by atoms with E-state index in [0.29, 0.717) is 6.20 Å². The van der Waals surface area contributed by atoms with Crippen LogP contribution in [0, 0.1) is 25.5 Å². The normalized spacial score (nSPS) is 11.5. The number of hydrogen-bond donors (Lipinski definition) is 2. The molecule has 0 amide bonds. The first-order valence-electron chi connectivity index (χ1n) is 6.59. The number of hydrogen-bond acceptors (Lipinski definition) is 4. The molecule has 0 aliphatic heterocycles. The third-order valence-corrected chi connectivity index (χ3v) is 3.41. The fourth-order valence-electron chi connectivity index (χ4n) is 2.12. The summed E-state index contributed by atoms with van der Waals surface area (Å²) in [7, 11) is -2.31. The average Bonchev–Trinajstić information content (AvgIpc) is 2.46. The van der Waals surface area contributed by atoms with E-state index in [2.05, 4.69) is 4.98 Å². The summed E-state index contributed by atoms with van der Waals surface area (Å²) >= 11 is 0. The van der Waals surface area contributed by atoms with Crippen molar-refractivity contribution >= 4 is 12.6 Å². The van der Waals surface area contributed by atoms with Crippen LogP contribution in [0.25, 0.3) is 0 Å². The van der Waals surface area contributed by atoms with Crippen LogP contribution in [0.4, 0.5) is 22.0 Å². The summed E-state index contributed by atoms with van der Waals surface area (Å²) in [6, 6.07) is 1.82. The number of halogens is 5. The highest BCUT2D eigenvalue weighted by molar-refractivity contribution is 6.60. The molecule has 0 aliphatic carbocycles. The summed E-state index contributed by atoms with van der Waals surface area (Å²) in [5.41, 5.74) is -2.52. The Balaban J connectivity index is 2.56. The molecule has 1 aromatic heterocycles. The molecule has 0 radical (unpaired) electrons. The van der Waals surface area contributed by atoms with Gasteiger partial charge in [0.2, 0.25) is 5.88 Å². The van der Waals surface area contributed by atoms with E-state index in [9.17, 15) is 32.0 Å². The zero-order chi connectivity index (χ0) is 18.2. The Kier molecular flexibility index (Phi) is 4.81. The molecule has 24 heavy (non-hydrogen) atoms. The maximum absolute atomic E-state index is 13.5. The molecule has 0 aliphatic rings. The van der Waals surface area contributed by atoms with Crippen LogP contribution in [0.1, 0.15) is 16.7 Å². The van der Waals surface area contributed by atoms with Gasteiger partial charge in [0.1, 0.15) is 5.75 Å². The summed E-state index contributed by atoms with van der Waals surface area (Å²) in [5, 5.41) is 18.7. The molecule has 1 heterocycles. The second-order valence-electron chi connectivity index (χ2n) is 4.97. The van der Waals surface area contributed by atoms with Gasteiger partial charge in [0.05, 0.1) is 5.56 Å². The van der Waals surface area contributed by atoms with Crippen molar-refractivity contribution in [3.63, 3.8) is 0 Å². The highest BCUT2D eigenvalue weighted by Crippen LogP contribution is 2.33. The summed E-state index contributed by atoms with van der Waals surface area (Å²) in [5.74, 6) is -3.09. The van der Waals surface area contributed by atoms with E-state index in [1.807, 2.05) is 0 Å². The summed E-state index contributed by atoms with van der Waals surface area (Å²) in [4.78, 5) is 3.44. The van der Waals surface area contributed by atoms with Crippen molar-refractivity contribution in [1.29, 1.82) is 0 Å². The third kappa shape index (κ3) is 3.34. The molecule has 2 N–H and O–H groups in total. The van der Waals surface area contributed by atoms with Gasteiger partial charge in [-0.3, -0.25) is 0 Å². The van der Waals surface area contributed by atoms with Crippen LogP contribution >= 0.6 is 0 Å². The van der Waals surface area contributed by atoms with E-state index in [1.165, 1.54) is 6.92 Å². The van der Waals surface area contributed by atoms with Gasteiger partial charge in [0, 0.05) is 17.2 Å². The van der Waals surface area contributed by atoms with Crippen LogP contribution in [-0.2, 0) is 6.18 Å². The number of rotatable bonds is 3. The predicted octanol–water partition coefficient (Wildman–Crippen LogP) is 2.47. The van der Waals surface area contributed by atoms with E-state index in [0.717, 1.165) is 19.1 Å². The molecule has 0 saturated carbocycles. The maximum atomic E-state index is 13.5. The van der Waals surface area contributed by atoms with Crippen molar-refractivity contribution in [2.75, 3.05) is 0 Å². The van der Waals surface area contributed by atoms with Gasteiger partial charge in [-0.15, -0.1) is 0 Å². The van der Waals surface area contributed by atoms with Crippen LogP contribution in [0.3, 0.4) is 0 Å². The minimum Gasteiger partial charge on any atom is -0.439 e.